The van der Waals surface area contributed by atoms with Crippen molar-refractivity contribution in [2.24, 2.45) is 0 Å². The maximum atomic E-state index is 5.88. The topological polar surface area (TPSA) is 87.0 Å². The molecule has 1 aromatic heterocycles. The van der Waals surface area contributed by atoms with Gasteiger partial charge in [0.05, 0.1) is 40.0 Å². The van der Waals surface area contributed by atoms with Crippen LogP contribution in [0, 0.1) is 0 Å². The van der Waals surface area contributed by atoms with Crippen molar-refractivity contribution in [3.05, 3.63) is 53.9 Å². The van der Waals surface area contributed by atoms with Crippen molar-refractivity contribution in [2.45, 2.75) is 31.5 Å². The number of aromatic nitrogens is 4. The largest absolute Gasteiger partial charge is 0.497 e. The summed E-state index contributed by atoms with van der Waals surface area (Å²) in [6, 6.07) is 14.2. The molecule has 2 saturated heterocycles. The maximum absolute atomic E-state index is 5.88. The molecular formula is C26H34N6O4. The summed E-state index contributed by atoms with van der Waals surface area (Å²) in [6.45, 7) is 4.95. The Bertz CT molecular complexity index is 1120. The lowest BCUT2D eigenvalue weighted by Crippen LogP contribution is -2.48. The summed E-state index contributed by atoms with van der Waals surface area (Å²) in [7, 11) is 5.00. The molecule has 0 saturated carbocycles. The van der Waals surface area contributed by atoms with E-state index in [0.717, 1.165) is 62.8 Å². The van der Waals surface area contributed by atoms with Crippen molar-refractivity contribution in [2.75, 3.05) is 59.0 Å². The number of tetrazole rings is 1. The summed E-state index contributed by atoms with van der Waals surface area (Å²) in [5, 5.41) is 12.9. The number of benzene rings is 2. The van der Waals surface area contributed by atoms with Crippen LogP contribution in [0.4, 0.5) is 5.69 Å². The number of piperazine rings is 1. The van der Waals surface area contributed by atoms with E-state index in [1.54, 1.807) is 21.3 Å². The minimum atomic E-state index is -0.126. The molecular weight excluding hydrogens is 460 g/mol. The fourth-order valence-electron chi connectivity index (χ4n) is 5.10. The molecule has 0 bridgehead atoms. The zero-order valence-electron chi connectivity index (χ0n) is 21.2. The lowest BCUT2D eigenvalue weighted by Gasteiger charge is -2.40. The summed E-state index contributed by atoms with van der Waals surface area (Å²) in [4.78, 5) is 4.84. The quantitative estimate of drug-likeness (QED) is 0.446. The van der Waals surface area contributed by atoms with E-state index >= 15 is 0 Å². The van der Waals surface area contributed by atoms with E-state index in [2.05, 4.69) is 43.5 Å². The molecule has 0 amide bonds. The SMILES string of the molecule is COc1ccc(N2CCN([C@@H](c3ccc(OC)c(OC)c3)c3nnnn3C[C@H]3CCCO3)CC2)cc1. The van der Waals surface area contributed by atoms with Crippen LogP contribution in [0.5, 0.6) is 17.2 Å². The van der Waals surface area contributed by atoms with Gasteiger partial charge >= 0.3 is 0 Å². The van der Waals surface area contributed by atoms with Crippen LogP contribution in [0.1, 0.15) is 30.3 Å². The van der Waals surface area contributed by atoms with Gasteiger partial charge in [0.1, 0.15) is 5.75 Å². The molecule has 10 nitrogen and oxygen atoms in total. The normalized spacial score (nSPS) is 19.3. The molecule has 0 N–H and O–H groups in total. The number of hydrogen-bond acceptors (Lipinski definition) is 9. The molecule has 2 aliphatic rings. The van der Waals surface area contributed by atoms with Gasteiger partial charge in [-0.3, -0.25) is 4.90 Å². The van der Waals surface area contributed by atoms with Gasteiger partial charge in [-0.2, -0.15) is 0 Å². The molecule has 0 unspecified atom stereocenters. The summed E-state index contributed by atoms with van der Waals surface area (Å²) >= 11 is 0. The molecule has 5 rings (SSSR count). The van der Waals surface area contributed by atoms with E-state index in [4.69, 9.17) is 18.9 Å². The summed E-state index contributed by atoms with van der Waals surface area (Å²) in [5.41, 5.74) is 2.26. The lowest BCUT2D eigenvalue weighted by molar-refractivity contribution is 0.0906. The standard InChI is InChI=1S/C26H34N6O4/c1-33-21-9-7-20(8-10-21)30-12-14-31(15-13-30)25(19-6-11-23(34-2)24(17-19)35-3)26-27-28-29-32(26)18-22-5-4-16-36-22/h6-11,17,22,25H,4-5,12-16,18H2,1-3H3/t22-,25+/m1/s1. The number of methoxy groups -OCH3 is 3. The minimum Gasteiger partial charge on any atom is -0.497 e. The third-order valence-electron chi connectivity index (χ3n) is 7.05. The van der Waals surface area contributed by atoms with Gasteiger partial charge < -0.3 is 23.8 Å². The molecule has 2 aliphatic heterocycles. The fraction of sp³-hybridized carbons (Fsp3) is 0.500. The summed E-state index contributed by atoms with van der Waals surface area (Å²) < 4.78 is 24.2. The molecule has 36 heavy (non-hydrogen) atoms. The molecule has 2 fully saturated rings. The minimum absolute atomic E-state index is 0.126. The van der Waals surface area contributed by atoms with Crippen LogP contribution >= 0.6 is 0 Å². The van der Waals surface area contributed by atoms with E-state index in [-0.39, 0.29) is 12.1 Å². The molecule has 3 heterocycles. The van der Waals surface area contributed by atoms with Crippen molar-refractivity contribution in [3.63, 3.8) is 0 Å². The average Bonchev–Trinajstić information content (AvgIpc) is 3.62. The second kappa shape index (κ2) is 11.1. The number of hydrogen-bond donors (Lipinski definition) is 0. The summed E-state index contributed by atoms with van der Waals surface area (Å²) in [5.74, 6) is 3.07. The Morgan fingerprint density at radius 2 is 1.72 bits per heavy atom. The van der Waals surface area contributed by atoms with Gasteiger partial charge in [0.15, 0.2) is 17.3 Å². The number of nitrogens with zero attached hydrogens (tertiary/aromatic N) is 6. The highest BCUT2D eigenvalue weighted by molar-refractivity contribution is 5.50. The molecule has 10 heteroatoms. The molecule has 2 atom stereocenters. The lowest BCUT2D eigenvalue weighted by atomic mass is 10.0. The third kappa shape index (κ3) is 5.10. The monoisotopic (exact) mass is 494 g/mol. The van der Waals surface area contributed by atoms with Crippen LogP contribution < -0.4 is 19.1 Å². The van der Waals surface area contributed by atoms with Gasteiger partial charge in [0.2, 0.25) is 0 Å². The summed E-state index contributed by atoms with van der Waals surface area (Å²) in [6.07, 6.45) is 2.25. The van der Waals surface area contributed by atoms with Crippen molar-refractivity contribution in [1.29, 1.82) is 0 Å². The second-order valence-electron chi connectivity index (χ2n) is 9.09. The van der Waals surface area contributed by atoms with Crippen LogP contribution in [0.15, 0.2) is 42.5 Å². The molecule has 0 radical (unpaired) electrons. The predicted molar refractivity (Wildman–Crippen MR) is 135 cm³/mol. The van der Waals surface area contributed by atoms with Crippen LogP contribution in [-0.4, -0.2) is 85.3 Å². The van der Waals surface area contributed by atoms with Gasteiger partial charge in [-0.15, -0.1) is 5.10 Å². The molecule has 2 aromatic carbocycles. The highest BCUT2D eigenvalue weighted by Crippen LogP contribution is 2.35. The first-order valence-corrected chi connectivity index (χ1v) is 12.4. The van der Waals surface area contributed by atoms with Crippen LogP contribution in [0.3, 0.4) is 0 Å². The number of ether oxygens (including phenoxy) is 4. The Hall–Kier alpha value is -3.37. The van der Waals surface area contributed by atoms with E-state index in [0.29, 0.717) is 18.0 Å². The Morgan fingerprint density at radius 3 is 2.39 bits per heavy atom. The van der Waals surface area contributed by atoms with Crippen molar-refractivity contribution >= 4 is 5.69 Å². The molecule has 0 spiro atoms. The number of anilines is 1. The van der Waals surface area contributed by atoms with Crippen LogP contribution in [0.25, 0.3) is 0 Å². The van der Waals surface area contributed by atoms with Gasteiger partial charge in [0, 0.05) is 38.5 Å². The smallest absolute Gasteiger partial charge is 0.173 e. The van der Waals surface area contributed by atoms with E-state index < -0.39 is 0 Å². The first-order valence-electron chi connectivity index (χ1n) is 12.4. The first kappa shape index (κ1) is 24.3. The van der Waals surface area contributed by atoms with Gasteiger partial charge in [0.25, 0.3) is 0 Å². The van der Waals surface area contributed by atoms with Crippen molar-refractivity contribution < 1.29 is 18.9 Å². The molecule has 0 aliphatic carbocycles. The highest BCUT2D eigenvalue weighted by Gasteiger charge is 2.32. The van der Waals surface area contributed by atoms with E-state index in [9.17, 15) is 0 Å². The van der Waals surface area contributed by atoms with Crippen molar-refractivity contribution in [1.82, 2.24) is 25.1 Å². The zero-order chi connectivity index (χ0) is 24.9. The predicted octanol–water partition coefficient (Wildman–Crippen LogP) is 2.79. The van der Waals surface area contributed by atoms with Gasteiger partial charge in [-0.25, -0.2) is 4.68 Å². The van der Waals surface area contributed by atoms with Crippen LogP contribution in [0.2, 0.25) is 0 Å². The van der Waals surface area contributed by atoms with Crippen molar-refractivity contribution in [3.8, 4) is 17.2 Å². The first-order chi connectivity index (χ1) is 17.7. The molecule has 3 aromatic rings. The second-order valence-corrected chi connectivity index (χ2v) is 9.09. The van der Waals surface area contributed by atoms with E-state index in [1.165, 1.54) is 5.69 Å². The maximum Gasteiger partial charge on any atom is 0.173 e. The van der Waals surface area contributed by atoms with Gasteiger partial charge in [-0.05, 0) is 65.2 Å². The number of rotatable bonds is 9. The zero-order valence-corrected chi connectivity index (χ0v) is 21.2. The highest BCUT2D eigenvalue weighted by atomic mass is 16.5. The van der Waals surface area contributed by atoms with Crippen LogP contribution in [-0.2, 0) is 11.3 Å². The average molecular weight is 495 g/mol. The Morgan fingerprint density at radius 1 is 0.944 bits per heavy atom. The van der Waals surface area contributed by atoms with E-state index in [1.807, 2.05) is 28.9 Å². The fourth-order valence-corrected chi connectivity index (χ4v) is 5.10. The molecule has 192 valence electrons. The third-order valence-corrected chi connectivity index (χ3v) is 7.05. The Kier molecular flexibility index (Phi) is 7.52. The Labute approximate surface area is 211 Å². The van der Waals surface area contributed by atoms with Gasteiger partial charge in [-0.1, -0.05) is 6.07 Å². The Balaban J connectivity index is 1.42.